The largest absolute Gasteiger partial charge is 0.0991 e. The lowest BCUT2D eigenvalue weighted by Gasteiger charge is -2.07. The van der Waals surface area contributed by atoms with Crippen molar-refractivity contribution >= 4 is 6.08 Å². The summed E-state index contributed by atoms with van der Waals surface area (Å²) in [7, 11) is 0. The highest BCUT2D eigenvalue weighted by Crippen LogP contribution is 2.18. The minimum absolute atomic E-state index is 1.32. The summed E-state index contributed by atoms with van der Waals surface area (Å²) in [5, 5.41) is 0. The second-order valence-electron chi connectivity index (χ2n) is 3.33. The van der Waals surface area contributed by atoms with E-state index >= 15 is 0 Å². The summed E-state index contributed by atoms with van der Waals surface area (Å²) in [6.45, 7) is 14.1. The van der Waals surface area contributed by atoms with Crippen LogP contribution in [0.25, 0.3) is 6.08 Å². The SMILES string of the molecule is C=C/C=C\c1c(C)ccc(C)c1C.CC. The summed E-state index contributed by atoms with van der Waals surface area (Å²) in [4.78, 5) is 0. The fraction of sp³-hybridized carbons (Fsp3) is 0.333. The summed E-state index contributed by atoms with van der Waals surface area (Å²) in [5.74, 6) is 0. The Hall–Kier alpha value is -1.30. The van der Waals surface area contributed by atoms with Crippen LogP contribution >= 0.6 is 0 Å². The molecule has 15 heavy (non-hydrogen) atoms. The van der Waals surface area contributed by atoms with E-state index in [4.69, 9.17) is 0 Å². The van der Waals surface area contributed by atoms with Crippen LogP contribution in [0.2, 0.25) is 0 Å². The van der Waals surface area contributed by atoms with Gasteiger partial charge in [0.15, 0.2) is 0 Å². The van der Waals surface area contributed by atoms with Crippen LogP contribution in [0.15, 0.2) is 30.9 Å². The van der Waals surface area contributed by atoms with Gasteiger partial charge in [-0.3, -0.25) is 0 Å². The number of rotatable bonds is 2. The first-order valence-corrected chi connectivity index (χ1v) is 5.52. The average molecular weight is 202 g/mol. The number of aryl methyl sites for hydroxylation is 2. The maximum atomic E-state index is 3.67. The zero-order chi connectivity index (χ0) is 11.8. The van der Waals surface area contributed by atoms with Crippen LogP contribution in [0, 0.1) is 20.8 Å². The maximum absolute atomic E-state index is 3.67. The predicted octanol–water partition coefficient (Wildman–Crippen LogP) is 4.84. The van der Waals surface area contributed by atoms with Gasteiger partial charge in [-0.15, -0.1) is 0 Å². The zero-order valence-electron chi connectivity index (χ0n) is 10.6. The van der Waals surface area contributed by atoms with Crippen LogP contribution in [0.3, 0.4) is 0 Å². The normalized spacial score (nSPS) is 9.67. The van der Waals surface area contributed by atoms with Crippen molar-refractivity contribution < 1.29 is 0 Å². The van der Waals surface area contributed by atoms with Crippen LogP contribution in [-0.4, -0.2) is 0 Å². The van der Waals surface area contributed by atoms with Crippen molar-refractivity contribution in [1.29, 1.82) is 0 Å². The fourth-order valence-electron chi connectivity index (χ4n) is 1.39. The van der Waals surface area contributed by atoms with E-state index in [0.29, 0.717) is 0 Å². The molecule has 0 atom stereocenters. The van der Waals surface area contributed by atoms with Crippen LogP contribution in [0.1, 0.15) is 36.1 Å². The standard InChI is InChI=1S/C13H16.C2H6/c1-5-6-7-13-11(3)9-8-10(2)12(13)4;1-2/h5-9H,1H2,2-4H3;1-2H3/b7-6-;. The second kappa shape index (κ2) is 7.05. The topological polar surface area (TPSA) is 0 Å². The maximum Gasteiger partial charge on any atom is -0.0195 e. The molecule has 0 fully saturated rings. The van der Waals surface area contributed by atoms with Gasteiger partial charge in [0.1, 0.15) is 0 Å². The fourth-order valence-corrected chi connectivity index (χ4v) is 1.39. The molecule has 0 radical (unpaired) electrons. The Morgan fingerprint density at radius 3 is 2.07 bits per heavy atom. The summed E-state index contributed by atoms with van der Waals surface area (Å²) < 4.78 is 0. The van der Waals surface area contributed by atoms with E-state index in [-0.39, 0.29) is 0 Å². The van der Waals surface area contributed by atoms with Crippen LogP contribution in [0.5, 0.6) is 0 Å². The van der Waals surface area contributed by atoms with Gasteiger partial charge in [-0.05, 0) is 43.0 Å². The molecule has 0 N–H and O–H groups in total. The zero-order valence-corrected chi connectivity index (χ0v) is 10.6. The number of hydrogen-bond donors (Lipinski definition) is 0. The van der Waals surface area contributed by atoms with E-state index in [2.05, 4.69) is 45.6 Å². The quantitative estimate of drug-likeness (QED) is 0.602. The summed E-state index contributed by atoms with van der Waals surface area (Å²) in [5.41, 5.74) is 5.34. The Labute approximate surface area is 94.3 Å². The molecule has 0 aliphatic rings. The van der Waals surface area contributed by atoms with E-state index < -0.39 is 0 Å². The first-order valence-electron chi connectivity index (χ1n) is 5.52. The van der Waals surface area contributed by atoms with Gasteiger partial charge in [-0.25, -0.2) is 0 Å². The lowest BCUT2D eigenvalue weighted by Crippen LogP contribution is -1.89. The molecule has 0 aliphatic carbocycles. The highest BCUT2D eigenvalue weighted by atomic mass is 14.0. The number of hydrogen-bond acceptors (Lipinski definition) is 0. The molecule has 1 aromatic carbocycles. The Balaban J connectivity index is 0.000000921. The summed E-state index contributed by atoms with van der Waals surface area (Å²) >= 11 is 0. The van der Waals surface area contributed by atoms with Gasteiger partial charge in [0.2, 0.25) is 0 Å². The molecule has 1 rings (SSSR count). The van der Waals surface area contributed by atoms with Gasteiger partial charge < -0.3 is 0 Å². The minimum Gasteiger partial charge on any atom is -0.0991 e. The lowest BCUT2D eigenvalue weighted by atomic mass is 9.98. The first kappa shape index (κ1) is 13.7. The summed E-state index contributed by atoms with van der Waals surface area (Å²) in [6.07, 6.45) is 5.90. The van der Waals surface area contributed by atoms with Crippen LogP contribution < -0.4 is 0 Å². The molecule has 0 heterocycles. The Bertz CT molecular complexity index is 343. The Kier molecular flexibility index (Phi) is 6.44. The number of benzene rings is 1. The average Bonchev–Trinajstić information content (AvgIpc) is 2.27. The van der Waals surface area contributed by atoms with Crippen molar-refractivity contribution in [2.45, 2.75) is 34.6 Å². The van der Waals surface area contributed by atoms with Crippen molar-refractivity contribution in [2.75, 3.05) is 0 Å². The first-order chi connectivity index (χ1) is 7.16. The summed E-state index contributed by atoms with van der Waals surface area (Å²) in [6, 6.07) is 4.32. The van der Waals surface area contributed by atoms with Gasteiger partial charge >= 0.3 is 0 Å². The van der Waals surface area contributed by atoms with Crippen molar-refractivity contribution in [2.24, 2.45) is 0 Å². The Morgan fingerprint density at radius 2 is 1.53 bits per heavy atom. The van der Waals surface area contributed by atoms with Crippen molar-refractivity contribution in [3.05, 3.63) is 53.1 Å². The molecule has 0 bridgehead atoms. The van der Waals surface area contributed by atoms with Crippen LogP contribution in [0.4, 0.5) is 0 Å². The minimum atomic E-state index is 1.32. The molecule has 0 saturated heterocycles. The number of allylic oxidation sites excluding steroid dienone is 2. The third-order valence-electron chi connectivity index (χ3n) is 2.40. The van der Waals surface area contributed by atoms with Gasteiger partial charge in [-0.2, -0.15) is 0 Å². The van der Waals surface area contributed by atoms with Crippen molar-refractivity contribution in [1.82, 2.24) is 0 Å². The lowest BCUT2D eigenvalue weighted by molar-refractivity contribution is 1.28. The third kappa shape index (κ3) is 3.75. The van der Waals surface area contributed by atoms with E-state index in [1.807, 2.05) is 19.9 Å². The molecule has 0 spiro atoms. The van der Waals surface area contributed by atoms with E-state index in [1.54, 1.807) is 6.08 Å². The molecule has 0 unspecified atom stereocenters. The van der Waals surface area contributed by atoms with Gasteiger partial charge in [0.05, 0.1) is 0 Å². The van der Waals surface area contributed by atoms with E-state index in [0.717, 1.165) is 0 Å². The molecule has 0 saturated carbocycles. The van der Waals surface area contributed by atoms with Gasteiger partial charge in [-0.1, -0.05) is 50.8 Å². The molecule has 1 aromatic rings. The predicted molar refractivity (Wildman–Crippen MR) is 71.2 cm³/mol. The van der Waals surface area contributed by atoms with E-state index in [1.165, 1.54) is 22.3 Å². The molecule has 0 aromatic heterocycles. The molecule has 0 amide bonds. The molecular weight excluding hydrogens is 180 g/mol. The van der Waals surface area contributed by atoms with Crippen molar-refractivity contribution in [3.8, 4) is 0 Å². The Morgan fingerprint density at radius 1 is 1.00 bits per heavy atom. The van der Waals surface area contributed by atoms with Crippen molar-refractivity contribution in [3.63, 3.8) is 0 Å². The molecule has 0 nitrogen and oxygen atoms in total. The molecule has 0 heteroatoms. The third-order valence-corrected chi connectivity index (χ3v) is 2.40. The smallest absolute Gasteiger partial charge is 0.0195 e. The second-order valence-corrected chi connectivity index (χ2v) is 3.33. The monoisotopic (exact) mass is 202 g/mol. The van der Waals surface area contributed by atoms with Crippen LogP contribution in [-0.2, 0) is 0 Å². The van der Waals surface area contributed by atoms with Gasteiger partial charge in [0.25, 0.3) is 0 Å². The molecular formula is C15H22. The van der Waals surface area contributed by atoms with Gasteiger partial charge in [0, 0.05) is 0 Å². The highest BCUT2D eigenvalue weighted by molar-refractivity contribution is 5.60. The molecule has 82 valence electrons. The van der Waals surface area contributed by atoms with E-state index in [9.17, 15) is 0 Å². The molecule has 0 aliphatic heterocycles. The highest BCUT2D eigenvalue weighted by Gasteiger charge is 2.00.